The van der Waals surface area contributed by atoms with Crippen molar-refractivity contribution in [1.82, 2.24) is 4.57 Å². The largest absolute Gasteiger partial charge is 0.497 e. The number of benzene rings is 1. The second-order valence-electron chi connectivity index (χ2n) is 3.89. The molecule has 0 spiro atoms. The predicted molar refractivity (Wildman–Crippen MR) is 60.4 cm³/mol. The van der Waals surface area contributed by atoms with Crippen molar-refractivity contribution in [3.63, 3.8) is 0 Å². The highest BCUT2D eigenvalue weighted by molar-refractivity contribution is 6.57. The number of hydrogen-bond acceptors (Lipinski definition) is 0. The molecule has 0 saturated heterocycles. The maximum Gasteiger partial charge on any atom is 0.497 e. The Morgan fingerprint density at radius 3 is 2.56 bits per heavy atom. The van der Waals surface area contributed by atoms with Crippen LogP contribution in [0.1, 0.15) is 12.5 Å². The minimum Gasteiger partial charge on any atom is -0.448 e. The summed E-state index contributed by atoms with van der Waals surface area (Å²) in [6.45, 7) is -2.84. The van der Waals surface area contributed by atoms with Gasteiger partial charge in [-0.05, 0) is 29.9 Å². The Morgan fingerprint density at radius 2 is 1.94 bits per heavy atom. The number of nitrogens with zero attached hydrogens (tertiary/aromatic N) is 1. The maximum absolute atomic E-state index is 12.4. The van der Waals surface area contributed by atoms with Crippen molar-refractivity contribution in [2.24, 2.45) is 0 Å². The van der Waals surface area contributed by atoms with Crippen LogP contribution in [0.4, 0.5) is 12.9 Å². The smallest absolute Gasteiger partial charge is 0.448 e. The van der Waals surface area contributed by atoms with Crippen LogP contribution in [0.15, 0.2) is 30.5 Å². The molecule has 0 N–H and O–H groups in total. The third kappa shape index (κ3) is 2.08. The van der Waals surface area contributed by atoms with Gasteiger partial charge in [0.05, 0.1) is 0 Å². The lowest BCUT2D eigenvalue weighted by Crippen LogP contribution is -2.23. The van der Waals surface area contributed by atoms with E-state index >= 15 is 0 Å². The van der Waals surface area contributed by atoms with Crippen molar-refractivity contribution in [3.05, 3.63) is 36.0 Å². The first kappa shape index (κ1) is 11.1. The Kier molecular flexibility index (Phi) is 2.70. The van der Waals surface area contributed by atoms with Crippen molar-refractivity contribution in [2.45, 2.75) is 19.8 Å². The van der Waals surface area contributed by atoms with Gasteiger partial charge in [-0.25, -0.2) is 0 Å². The molecule has 0 atom stereocenters. The molecule has 1 aromatic carbocycles. The molecule has 2 aromatic rings. The lowest BCUT2D eigenvalue weighted by molar-refractivity contribution is 0.448. The molecule has 0 aliphatic heterocycles. The molecule has 0 saturated carbocycles. The molecule has 1 nitrogen and oxygen atoms in total. The van der Waals surface area contributed by atoms with E-state index < -0.39 is 13.4 Å². The first-order valence-corrected chi connectivity index (χ1v) is 5.29. The van der Waals surface area contributed by atoms with E-state index in [-0.39, 0.29) is 0 Å². The predicted octanol–water partition coefficient (Wildman–Crippen LogP) is 3.59. The summed E-state index contributed by atoms with van der Waals surface area (Å²) in [5.41, 5.74) is 1.67. The molecule has 0 unspecified atom stereocenters. The summed E-state index contributed by atoms with van der Waals surface area (Å²) in [5.74, 6) is 0. The molecular weight excluding hydrogens is 214 g/mol. The van der Waals surface area contributed by atoms with Crippen LogP contribution in [0.25, 0.3) is 10.9 Å². The van der Waals surface area contributed by atoms with Gasteiger partial charge < -0.3 is 17.5 Å². The molecule has 1 heterocycles. The van der Waals surface area contributed by atoms with E-state index in [1.54, 1.807) is 6.07 Å². The van der Waals surface area contributed by atoms with Crippen molar-refractivity contribution in [1.29, 1.82) is 0 Å². The Hall–Kier alpha value is -1.39. The molecule has 86 valence electrons. The van der Waals surface area contributed by atoms with Crippen LogP contribution < -0.4 is 0 Å². The van der Waals surface area contributed by atoms with Crippen molar-refractivity contribution >= 4 is 17.9 Å². The standard InChI is InChI=1S/C11H12BF3N/c1-2-9-4-3-5-10-6-7-16(11(9)10)8-12(13,14)15/h3-7H,2,8H2,1H3/q-1. The van der Waals surface area contributed by atoms with E-state index in [2.05, 4.69) is 0 Å². The first-order chi connectivity index (χ1) is 7.51. The van der Waals surface area contributed by atoms with Crippen LogP contribution in [-0.4, -0.2) is 11.5 Å². The molecule has 16 heavy (non-hydrogen) atoms. The monoisotopic (exact) mass is 226 g/mol. The number of halogens is 3. The van der Waals surface area contributed by atoms with E-state index in [1.165, 1.54) is 10.8 Å². The first-order valence-electron chi connectivity index (χ1n) is 5.29. The second kappa shape index (κ2) is 3.89. The summed E-state index contributed by atoms with van der Waals surface area (Å²) in [7, 11) is 0. The fraction of sp³-hybridized carbons (Fsp3) is 0.273. The van der Waals surface area contributed by atoms with E-state index in [9.17, 15) is 12.9 Å². The van der Waals surface area contributed by atoms with Gasteiger partial charge in [-0.15, -0.1) is 0 Å². The summed E-state index contributed by atoms with van der Waals surface area (Å²) < 4.78 is 38.6. The Balaban J connectivity index is 2.54. The number of rotatable bonds is 3. The molecule has 5 heteroatoms. The average Bonchev–Trinajstić information content (AvgIpc) is 2.59. The highest BCUT2D eigenvalue weighted by atomic mass is 19.4. The molecule has 0 radical (unpaired) electrons. The number of aryl methyl sites for hydroxylation is 1. The van der Waals surface area contributed by atoms with Gasteiger partial charge in [0.15, 0.2) is 0 Å². The quantitative estimate of drug-likeness (QED) is 0.704. The van der Waals surface area contributed by atoms with Gasteiger partial charge in [0.2, 0.25) is 0 Å². The third-order valence-corrected chi connectivity index (χ3v) is 2.66. The normalized spacial score (nSPS) is 12.2. The molecule has 0 amide bonds. The zero-order valence-electron chi connectivity index (χ0n) is 8.96. The van der Waals surface area contributed by atoms with Crippen LogP contribution in [0, 0.1) is 0 Å². The van der Waals surface area contributed by atoms with Gasteiger partial charge in [-0.1, -0.05) is 25.1 Å². The highest BCUT2D eigenvalue weighted by Crippen LogP contribution is 2.23. The summed E-state index contributed by atoms with van der Waals surface area (Å²) in [6.07, 6.45) is 1.39. The van der Waals surface area contributed by atoms with Crippen molar-refractivity contribution in [2.75, 3.05) is 0 Å². The summed E-state index contributed by atoms with van der Waals surface area (Å²) in [4.78, 5) is 0. The summed E-state index contributed by atoms with van der Waals surface area (Å²) in [5, 5.41) is 0.874. The van der Waals surface area contributed by atoms with Gasteiger partial charge >= 0.3 is 6.98 Å². The average molecular weight is 226 g/mol. The zero-order chi connectivity index (χ0) is 11.8. The van der Waals surface area contributed by atoms with Gasteiger partial charge in [-0.2, -0.15) is 0 Å². The number of fused-ring (bicyclic) bond motifs is 1. The van der Waals surface area contributed by atoms with E-state index in [0.717, 1.165) is 17.4 Å². The highest BCUT2D eigenvalue weighted by Gasteiger charge is 2.24. The fourth-order valence-electron chi connectivity index (χ4n) is 2.00. The molecule has 0 bridgehead atoms. The van der Waals surface area contributed by atoms with Crippen molar-refractivity contribution in [3.8, 4) is 0 Å². The summed E-state index contributed by atoms with van der Waals surface area (Å²) >= 11 is 0. The lowest BCUT2D eigenvalue weighted by Gasteiger charge is -2.16. The Bertz CT molecular complexity index is 501. The van der Waals surface area contributed by atoms with E-state index in [1.807, 2.05) is 25.1 Å². The number of para-hydroxylation sites is 1. The summed E-state index contributed by atoms with van der Waals surface area (Å²) in [6, 6.07) is 7.33. The molecule has 0 fully saturated rings. The third-order valence-electron chi connectivity index (χ3n) is 2.66. The van der Waals surface area contributed by atoms with Gasteiger partial charge in [-0.3, -0.25) is 0 Å². The number of aromatic nitrogens is 1. The SMILES string of the molecule is CCc1cccc2ccn(C[B-](F)(F)F)c12. The van der Waals surface area contributed by atoms with Crippen LogP contribution in [0.2, 0.25) is 0 Å². The second-order valence-corrected chi connectivity index (χ2v) is 3.89. The number of hydrogen-bond donors (Lipinski definition) is 0. The lowest BCUT2D eigenvalue weighted by atomic mass is 9.92. The van der Waals surface area contributed by atoms with Crippen LogP contribution in [0.3, 0.4) is 0 Å². The molecular formula is C11H12BF3N-. The molecule has 0 aliphatic rings. The molecule has 2 rings (SSSR count). The minimum atomic E-state index is -4.79. The molecule has 1 aromatic heterocycles. The van der Waals surface area contributed by atoms with Gasteiger partial charge in [0, 0.05) is 11.7 Å². The zero-order valence-corrected chi connectivity index (χ0v) is 8.96. The van der Waals surface area contributed by atoms with Crippen molar-refractivity contribution < 1.29 is 12.9 Å². The Morgan fingerprint density at radius 1 is 1.19 bits per heavy atom. The van der Waals surface area contributed by atoms with Gasteiger partial charge in [0.25, 0.3) is 0 Å². The Labute approximate surface area is 91.9 Å². The van der Waals surface area contributed by atoms with Crippen LogP contribution in [-0.2, 0) is 12.9 Å². The maximum atomic E-state index is 12.4. The van der Waals surface area contributed by atoms with Crippen LogP contribution >= 0.6 is 0 Å². The van der Waals surface area contributed by atoms with E-state index in [0.29, 0.717) is 5.52 Å². The topological polar surface area (TPSA) is 4.93 Å². The fourth-order valence-corrected chi connectivity index (χ4v) is 2.00. The molecule has 0 aliphatic carbocycles. The van der Waals surface area contributed by atoms with Crippen LogP contribution in [0.5, 0.6) is 0 Å². The minimum absolute atomic E-state index is 0.712. The van der Waals surface area contributed by atoms with Gasteiger partial charge in [0.1, 0.15) is 0 Å². The van der Waals surface area contributed by atoms with E-state index in [4.69, 9.17) is 0 Å².